The maximum Gasteiger partial charge on any atom is 0.471 e. The molecule has 1 saturated heterocycles. The topological polar surface area (TPSA) is 75.7 Å². The number of halogens is 3. The summed E-state index contributed by atoms with van der Waals surface area (Å²) < 4.78 is 43.1. The van der Waals surface area contributed by atoms with Gasteiger partial charge in [0.15, 0.2) is 0 Å². The van der Waals surface area contributed by atoms with Gasteiger partial charge in [-0.3, -0.25) is 9.59 Å². The van der Waals surface area contributed by atoms with Crippen molar-refractivity contribution >= 4 is 29.5 Å². The van der Waals surface area contributed by atoms with Crippen molar-refractivity contribution in [3.8, 4) is 0 Å². The Morgan fingerprint density at radius 2 is 2.04 bits per heavy atom. The van der Waals surface area contributed by atoms with Gasteiger partial charge in [0, 0.05) is 6.54 Å². The summed E-state index contributed by atoms with van der Waals surface area (Å²) in [6.45, 7) is 2.03. The normalized spacial score (nSPS) is 18.5. The van der Waals surface area contributed by atoms with Crippen LogP contribution in [-0.4, -0.2) is 66.1 Å². The third-order valence-corrected chi connectivity index (χ3v) is 4.66. The molecule has 0 spiro atoms. The minimum atomic E-state index is -5.03. The van der Waals surface area contributed by atoms with Crippen LogP contribution in [0.5, 0.6) is 0 Å². The van der Waals surface area contributed by atoms with Crippen LogP contribution < -0.4 is 5.32 Å². The van der Waals surface area contributed by atoms with Crippen molar-refractivity contribution in [3.05, 3.63) is 0 Å². The lowest BCUT2D eigenvalue weighted by molar-refractivity contribution is -0.186. The molecule has 0 unspecified atom stereocenters. The molecular formula is C16H25F3N2O4S. The first-order chi connectivity index (χ1) is 12.2. The number of ether oxygens (including phenoxy) is 1. The maximum absolute atomic E-state index is 12.7. The van der Waals surface area contributed by atoms with Crippen LogP contribution in [0.15, 0.2) is 0 Å². The standard InChI is InChI=1S/C16H25F3N2O4S/c1-3-4-9-25-14(23)11(7-10-26-2)20-13(22)12-6-5-8-21(12)15(24)16(17,18)19/h11-12H,3-10H2,1-2H3,(H,20,22)/t11-,12-/m0/s1. The Morgan fingerprint density at radius 1 is 1.35 bits per heavy atom. The molecule has 2 atom stereocenters. The Labute approximate surface area is 155 Å². The first-order valence-electron chi connectivity index (χ1n) is 8.56. The third kappa shape index (κ3) is 6.69. The number of likely N-dealkylation sites (tertiary alicyclic amines) is 1. The summed E-state index contributed by atoms with van der Waals surface area (Å²) in [4.78, 5) is 36.6. The number of amides is 2. The maximum atomic E-state index is 12.7. The number of esters is 1. The van der Waals surface area contributed by atoms with E-state index in [2.05, 4.69) is 5.32 Å². The highest BCUT2D eigenvalue weighted by molar-refractivity contribution is 7.98. The van der Waals surface area contributed by atoms with Crippen molar-refractivity contribution in [1.82, 2.24) is 10.2 Å². The lowest BCUT2D eigenvalue weighted by atomic mass is 10.1. The number of carbonyl (C=O) groups excluding carboxylic acids is 3. The van der Waals surface area contributed by atoms with E-state index in [1.54, 1.807) is 0 Å². The van der Waals surface area contributed by atoms with Crippen LogP contribution in [0.4, 0.5) is 13.2 Å². The molecule has 0 saturated carbocycles. The molecule has 0 radical (unpaired) electrons. The number of hydrogen-bond acceptors (Lipinski definition) is 5. The summed E-state index contributed by atoms with van der Waals surface area (Å²) >= 11 is 1.47. The number of nitrogens with zero attached hydrogens (tertiary/aromatic N) is 1. The molecule has 0 aliphatic carbocycles. The molecule has 10 heteroatoms. The number of hydrogen-bond donors (Lipinski definition) is 1. The molecule has 1 aliphatic heterocycles. The third-order valence-electron chi connectivity index (χ3n) is 4.01. The van der Waals surface area contributed by atoms with Crippen LogP contribution in [0, 0.1) is 0 Å². The van der Waals surface area contributed by atoms with Gasteiger partial charge in [-0.25, -0.2) is 4.79 Å². The quantitative estimate of drug-likeness (QED) is 0.476. The van der Waals surface area contributed by atoms with E-state index in [1.807, 2.05) is 13.2 Å². The Morgan fingerprint density at radius 3 is 2.62 bits per heavy atom. The Bertz CT molecular complexity index is 502. The largest absolute Gasteiger partial charge is 0.471 e. The average molecular weight is 398 g/mol. The van der Waals surface area contributed by atoms with E-state index in [0.29, 0.717) is 29.9 Å². The molecule has 0 bridgehead atoms. The zero-order chi connectivity index (χ0) is 19.7. The summed E-state index contributed by atoms with van der Waals surface area (Å²) in [6, 6.07) is -2.15. The van der Waals surface area contributed by atoms with Gasteiger partial charge in [0.25, 0.3) is 0 Å². The molecule has 0 aromatic rings. The molecule has 1 rings (SSSR count). The van der Waals surface area contributed by atoms with Crippen molar-refractivity contribution in [3.63, 3.8) is 0 Å². The van der Waals surface area contributed by atoms with Gasteiger partial charge >= 0.3 is 18.1 Å². The predicted molar refractivity (Wildman–Crippen MR) is 91.6 cm³/mol. The second kappa shape index (κ2) is 10.6. The first kappa shape index (κ1) is 22.6. The number of nitrogens with one attached hydrogen (secondary N) is 1. The molecule has 1 N–H and O–H groups in total. The van der Waals surface area contributed by atoms with Gasteiger partial charge in [-0.05, 0) is 37.7 Å². The molecule has 0 aromatic heterocycles. The minimum Gasteiger partial charge on any atom is -0.464 e. The summed E-state index contributed by atoms with van der Waals surface area (Å²) in [5.41, 5.74) is 0. The minimum absolute atomic E-state index is 0.132. The highest BCUT2D eigenvalue weighted by Gasteiger charge is 2.48. The Balaban J connectivity index is 2.74. The summed E-state index contributed by atoms with van der Waals surface area (Å²) in [7, 11) is 0. The summed E-state index contributed by atoms with van der Waals surface area (Å²) in [6.07, 6.45) is -0.929. The van der Waals surface area contributed by atoms with Crippen LogP contribution in [0.25, 0.3) is 0 Å². The summed E-state index contributed by atoms with van der Waals surface area (Å²) in [5, 5.41) is 2.47. The van der Waals surface area contributed by atoms with E-state index in [4.69, 9.17) is 4.74 Å². The number of alkyl halides is 3. The van der Waals surface area contributed by atoms with Gasteiger partial charge in [-0.1, -0.05) is 13.3 Å². The molecule has 1 heterocycles. The SMILES string of the molecule is CCCCOC(=O)[C@H](CCSC)NC(=O)[C@@H]1CCCN1C(=O)C(F)(F)F. The van der Waals surface area contributed by atoms with Gasteiger partial charge in [0.1, 0.15) is 12.1 Å². The molecule has 1 aliphatic rings. The molecule has 2 amide bonds. The van der Waals surface area contributed by atoms with E-state index in [1.165, 1.54) is 11.8 Å². The first-order valence-corrected chi connectivity index (χ1v) is 9.95. The van der Waals surface area contributed by atoms with E-state index in [9.17, 15) is 27.6 Å². The molecule has 150 valence electrons. The zero-order valence-electron chi connectivity index (χ0n) is 14.9. The van der Waals surface area contributed by atoms with Crippen molar-refractivity contribution in [2.24, 2.45) is 0 Å². The number of thioether (sulfide) groups is 1. The zero-order valence-corrected chi connectivity index (χ0v) is 15.8. The molecule has 1 fully saturated rings. The fourth-order valence-corrected chi connectivity index (χ4v) is 3.09. The van der Waals surface area contributed by atoms with Gasteiger partial charge in [0.2, 0.25) is 5.91 Å². The van der Waals surface area contributed by atoms with Crippen LogP contribution in [0.3, 0.4) is 0 Å². The van der Waals surface area contributed by atoms with Gasteiger partial charge < -0.3 is 15.0 Å². The van der Waals surface area contributed by atoms with Crippen molar-refractivity contribution in [2.75, 3.05) is 25.2 Å². The van der Waals surface area contributed by atoms with Crippen molar-refractivity contribution in [2.45, 2.75) is 57.3 Å². The van der Waals surface area contributed by atoms with E-state index < -0.39 is 36.0 Å². The molecule has 26 heavy (non-hydrogen) atoms. The second-order valence-corrected chi connectivity index (χ2v) is 7.00. The molecule has 0 aromatic carbocycles. The number of unbranched alkanes of at least 4 members (excludes halogenated alkanes) is 1. The van der Waals surface area contributed by atoms with E-state index in [-0.39, 0.29) is 19.6 Å². The van der Waals surface area contributed by atoms with Crippen molar-refractivity contribution < 1.29 is 32.3 Å². The lowest BCUT2D eigenvalue weighted by Gasteiger charge is -2.26. The Kier molecular flexibility index (Phi) is 9.24. The fraction of sp³-hybridized carbons (Fsp3) is 0.812. The van der Waals surface area contributed by atoms with Crippen LogP contribution >= 0.6 is 11.8 Å². The smallest absolute Gasteiger partial charge is 0.464 e. The highest BCUT2D eigenvalue weighted by atomic mass is 32.2. The van der Waals surface area contributed by atoms with Crippen molar-refractivity contribution in [1.29, 1.82) is 0 Å². The molecular weight excluding hydrogens is 373 g/mol. The van der Waals surface area contributed by atoms with Gasteiger partial charge in [-0.2, -0.15) is 24.9 Å². The van der Waals surface area contributed by atoms with E-state index >= 15 is 0 Å². The highest BCUT2D eigenvalue weighted by Crippen LogP contribution is 2.26. The monoisotopic (exact) mass is 398 g/mol. The molecule has 6 nitrogen and oxygen atoms in total. The van der Waals surface area contributed by atoms with Crippen LogP contribution in [-0.2, 0) is 19.1 Å². The predicted octanol–water partition coefficient (Wildman–Crippen LogP) is 2.12. The van der Waals surface area contributed by atoms with Crippen LogP contribution in [0.2, 0.25) is 0 Å². The number of rotatable bonds is 9. The Hall–Kier alpha value is -1.45. The van der Waals surface area contributed by atoms with Gasteiger partial charge in [0.05, 0.1) is 6.61 Å². The average Bonchev–Trinajstić information content (AvgIpc) is 3.06. The van der Waals surface area contributed by atoms with Gasteiger partial charge in [-0.15, -0.1) is 0 Å². The number of carbonyl (C=O) groups is 3. The van der Waals surface area contributed by atoms with Crippen LogP contribution in [0.1, 0.15) is 39.0 Å². The lowest BCUT2D eigenvalue weighted by Crippen LogP contribution is -2.53. The second-order valence-electron chi connectivity index (χ2n) is 6.02. The summed E-state index contributed by atoms with van der Waals surface area (Å²) in [5.74, 6) is -2.81. The van der Waals surface area contributed by atoms with E-state index in [0.717, 1.165) is 6.42 Å². The fourth-order valence-electron chi connectivity index (χ4n) is 2.62.